The fourth-order valence-electron chi connectivity index (χ4n) is 3.54. The highest BCUT2D eigenvalue weighted by Crippen LogP contribution is 2.33. The number of nitrogens with one attached hydrogen (secondary N) is 1. The molecular weight excluding hydrogens is 299 g/mol. The maximum atomic E-state index is 13.7. The third-order valence-corrected chi connectivity index (χ3v) is 4.85. The van der Waals surface area contributed by atoms with E-state index in [2.05, 4.69) is 4.98 Å². The zero-order valence-electron chi connectivity index (χ0n) is 12.6. The lowest BCUT2D eigenvalue weighted by molar-refractivity contribution is -0.144. The number of likely N-dealkylation sites (tertiary alicyclic amines) is 1. The second kappa shape index (κ2) is 5.16. The van der Waals surface area contributed by atoms with Crippen molar-refractivity contribution in [1.29, 1.82) is 0 Å². The van der Waals surface area contributed by atoms with Crippen molar-refractivity contribution in [3.63, 3.8) is 0 Å². The SMILES string of the molecule is O=C(c1cc2cccc(F)c2[nH]1)N1CC[C@]2(CCCO2)C(=O)C1. The monoisotopic (exact) mass is 316 g/mol. The summed E-state index contributed by atoms with van der Waals surface area (Å²) >= 11 is 0. The van der Waals surface area contributed by atoms with E-state index < -0.39 is 11.4 Å². The first-order valence-electron chi connectivity index (χ1n) is 7.83. The topological polar surface area (TPSA) is 62.4 Å². The van der Waals surface area contributed by atoms with Crippen LogP contribution in [0.1, 0.15) is 29.8 Å². The van der Waals surface area contributed by atoms with E-state index in [1.807, 2.05) is 0 Å². The number of carbonyl (C=O) groups excluding carboxylic acids is 2. The predicted molar refractivity (Wildman–Crippen MR) is 81.7 cm³/mol. The number of nitrogens with zero attached hydrogens (tertiary/aromatic N) is 1. The fraction of sp³-hybridized carbons (Fsp3) is 0.412. The molecule has 120 valence electrons. The number of hydrogen-bond donors (Lipinski definition) is 1. The van der Waals surface area contributed by atoms with Gasteiger partial charge in [0, 0.05) is 25.0 Å². The first kappa shape index (κ1) is 14.4. The van der Waals surface area contributed by atoms with Gasteiger partial charge in [0.25, 0.3) is 5.91 Å². The molecule has 23 heavy (non-hydrogen) atoms. The molecule has 3 heterocycles. The van der Waals surface area contributed by atoms with Crippen molar-refractivity contribution in [2.45, 2.75) is 24.9 Å². The average Bonchev–Trinajstić information content (AvgIpc) is 3.18. The molecule has 1 spiro atoms. The first-order chi connectivity index (χ1) is 11.1. The summed E-state index contributed by atoms with van der Waals surface area (Å²) in [6.45, 7) is 1.14. The lowest BCUT2D eigenvalue weighted by Gasteiger charge is -2.36. The number of piperidine rings is 1. The van der Waals surface area contributed by atoms with Crippen LogP contribution in [-0.4, -0.2) is 46.9 Å². The van der Waals surface area contributed by atoms with Crippen molar-refractivity contribution < 1.29 is 18.7 Å². The second-order valence-corrected chi connectivity index (χ2v) is 6.23. The molecule has 0 saturated carbocycles. The van der Waals surface area contributed by atoms with Crippen molar-refractivity contribution in [3.8, 4) is 0 Å². The van der Waals surface area contributed by atoms with Gasteiger partial charge in [-0.25, -0.2) is 4.39 Å². The van der Waals surface area contributed by atoms with Gasteiger partial charge in [0.15, 0.2) is 5.78 Å². The van der Waals surface area contributed by atoms with Crippen LogP contribution in [0.4, 0.5) is 4.39 Å². The molecule has 0 aliphatic carbocycles. The third-order valence-electron chi connectivity index (χ3n) is 4.85. The fourth-order valence-corrected chi connectivity index (χ4v) is 3.54. The van der Waals surface area contributed by atoms with E-state index in [1.165, 1.54) is 11.0 Å². The first-order valence-corrected chi connectivity index (χ1v) is 7.83. The Morgan fingerprint density at radius 2 is 2.22 bits per heavy atom. The summed E-state index contributed by atoms with van der Waals surface area (Å²) in [5.74, 6) is -0.701. The van der Waals surface area contributed by atoms with Crippen LogP contribution in [0, 0.1) is 5.82 Å². The Kier molecular flexibility index (Phi) is 3.23. The second-order valence-electron chi connectivity index (χ2n) is 6.23. The van der Waals surface area contributed by atoms with Gasteiger partial charge in [-0.05, 0) is 25.0 Å². The van der Waals surface area contributed by atoms with Crippen LogP contribution in [0.3, 0.4) is 0 Å². The highest BCUT2D eigenvalue weighted by molar-refractivity contribution is 6.01. The molecule has 1 aromatic carbocycles. The Balaban J connectivity index is 1.57. The van der Waals surface area contributed by atoms with Gasteiger partial charge < -0.3 is 14.6 Å². The van der Waals surface area contributed by atoms with Gasteiger partial charge in [-0.1, -0.05) is 12.1 Å². The zero-order chi connectivity index (χ0) is 16.0. The number of ketones is 1. The minimum absolute atomic E-state index is 0.0307. The summed E-state index contributed by atoms with van der Waals surface area (Å²) < 4.78 is 19.4. The number of fused-ring (bicyclic) bond motifs is 1. The molecule has 2 saturated heterocycles. The molecule has 2 fully saturated rings. The van der Waals surface area contributed by atoms with Gasteiger partial charge in [0.2, 0.25) is 0 Å². The van der Waals surface area contributed by atoms with Crippen LogP contribution in [0.5, 0.6) is 0 Å². The van der Waals surface area contributed by atoms with Crippen LogP contribution in [0.25, 0.3) is 10.9 Å². The molecule has 1 N–H and O–H groups in total. The lowest BCUT2D eigenvalue weighted by atomic mass is 9.87. The number of aromatic amines is 1. The number of H-pyrrole nitrogens is 1. The largest absolute Gasteiger partial charge is 0.367 e. The van der Waals surface area contributed by atoms with Crippen molar-refractivity contribution in [2.75, 3.05) is 19.7 Å². The maximum absolute atomic E-state index is 13.7. The number of Topliss-reactive ketones (excluding diaryl/α,β-unsaturated/α-hetero) is 1. The Morgan fingerprint density at radius 3 is 2.91 bits per heavy atom. The van der Waals surface area contributed by atoms with Gasteiger partial charge in [0.05, 0.1) is 12.1 Å². The Hall–Kier alpha value is -2.21. The lowest BCUT2D eigenvalue weighted by Crippen LogP contribution is -2.53. The number of hydrogen-bond acceptors (Lipinski definition) is 3. The van der Waals surface area contributed by atoms with E-state index >= 15 is 0 Å². The van der Waals surface area contributed by atoms with Crippen molar-refractivity contribution in [1.82, 2.24) is 9.88 Å². The molecule has 1 atom stereocenters. The Labute approximate surface area is 132 Å². The van der Waals surface area contributed by atoms with Gasteiger partial charge >= 0.3 is 0 Å². The molecule has 1 amide bonds. The number of ether oxygens (including phenoxy) is 1. The number of para-hydroxylation sites is 1. The summed E-state index contributed by atoms with van der Waals surface area (Å²) in [4.78, 5) is 29.4. The molecule has 5 nitrogen and oxygen atoms in total. The summed E-state index contributed by atoms with van der Waals surface area (Å²) in [6.07, 6.45) is 2.17. The molecule has 6 heteroatoms. The molecule has 0 unspecified atom stereocenters. The van der Waals surface area contributed by atoms with E-state index in [1.54, 1.807) is 18.2 Å². The van der Waals surface area contributed by atoms with E-state index in [0.29, 0.717) is 36.2 Å². The van der Waals surface area contributed by atoms with Crippen molar-refractivity contribution >= 4 is 22.6 Å². The number of carbonyl (C=O) groups is 2. The standard InChI is InChI=1S/C17H17FN2O3/c18-12-4-1-3-11-9-13(19-15(11)12)16(22)20-7-6-17(14(21)10-20)5-2-8-23-17/h1,3-4,9,19H,2,5-8,10H2/t17-/m1/s1. The molecular formula is C17H17FN2O3. The number of aromatic nitrogens is 1. The molecule has 2 aliphatic rings. The molecule has 0 bridgehead atoms. The summed E-state index contributed by atoms with van der Waals surface area (Å²) in [7, 11) is 0. The van der Waals surface area contributed by atoms with E-state index in [9.17, 15) is 14.0 Å². The van der Waals surface area contributed by atoms with Gasteiger partial charge in [-0.15, -0.1) is 0 Å². The summed E-state index contributed by atoms with van der Waals surface area (Å²) in [5.41, 5.74) is -0.0560. The van der Waals surface area contributed by atoms with Gasteiger partial charge in [-0.3, -0.25) is 9.59 Å². The zero-order valence-corrected chi connectivity index (χ0v) is 12.6. The normalized spacial score (nSPS) is 24.7. The van der Waals surface area contributed by atoms with Crippen LogP contribution >= 0.6 is 0 Å². The Morgan fingerprint density at radius 1 is 1.35 bits per heavy atom. The molecule has 2 aliphatic heterocycles. The molecule has 1 aromatic heterocycles. The molecule has 2 aromatic rings. The average molecular weight is 316 g/mol. The van der Waals surface area contributed by atoms with E-state index in [-0.39, 0.29) is 18.2 Å². The maximum Gasteiger partial charge on any atom is 0.270 e. The van der Waals surface area contributed by atoms with Gasteiger partial charge in [0.1, 0.15) is 17.1 Å². The number of rotatable bonds is 1. The molecule has 0 radical (unpaired) electrons. The van der Waals surface area contributed by atoms with Crippen LogP contribution in [-0.2, 0) is 9.53 Å². The summed E-state index contributed by atoms with van der Waals surface area (Å²) in [6, 6.07) is 6.32. The van der Waals surface area contributed by atoms with Gasteiger partial charge in [-0.2, -0.15) is 0 Å². The Bertz CT molecular complexity index is 792. The number of benzene rings is 1. The van der Waals surface area contributed by atoms with Crippen molar-refractivity contribution in [3.05, 3.63) is 35.8 Å². The number of amides is 1. The third kappa shape index (κ3) is 2.25. The highest BCUT2D eigenvalue weighted by Gasteiger charge is 2.46. The minimum atomic E-state index is -0.677. The highest BCUT2D eigenvalue weighted by atomic mass is 19.1. The molecule has 4 rings (SSSR count). The van der Waals surface area contributed by atoms with Crippen LogP contribution in [0.2, 0.25) is 0 Å². The summed E-state index contributed by atoms with van der Waals surface area (Å²) in [5, 5.41) is 0.646. The van der Waals surface area contributed by atoms with E-state index in [4.69, 9.17) is 4.74 Å². The van der Waals surface area contributed by atoms with Crippen LogP contribution < -0.4 is 0 Å². The number of halogens is 1. The predicted octanol–water partition coefficient (Wildman–Crippen LogP) is 2.27. The smallest absolute Gasteiger partial charge is 0.270 e. The van der Waals surface area contributed by atoms with Crippen molar-refractivity contribution in [2.24, 2.45) is 0 Å². The quantitative estimate of drug-likeness (QED) is 0.878. The van der Waals surface area contributed by atoms with Crippen LogP contribution in [0.15, 0.2) is 24.3 Å². The van der Waals surface area contributed by atoms with E-state index in [0.717, 1.165) is 12.8 Å². The minimum Gasteiger partial charge on any atom is -0.367 e.